The highest BCUT2D eigenvalue weighted by molar-refractivity contribution is 5.97. The number of Topliss-reactive ketones (excluding diaryl/α,β-unsaturated/α-hetero) is 1. The summed E-state index contributed by atoms with van der Waals surface area (Å²) in [5.74, 6) is -0.911. The molecule has 9 heavy (non-hydrogen) atoms. The molecule has 0 amide bonds. The maximum atomic E-state index is 10.4. The summed E-state index contributed by atoms with van der Waals surface area (Å²) in [4.78, 5) is 20.5. The third-order valence-corrected chi connectivity index (χ3v) is 0.647. The molecular weight excluding hydrogens is 120 g/mol. The van der Waals surface area contributed by atoms with Crippen LogP contribution in [0, 0.1) is 6.92 Å². The number of carbonyl (C=O) groups excluding carboxylic acids is 2. The molecule has 0 aromatic heterocycles. The topological polar surface area (TPSA) is 43.4 Å². The van der Waals surface area contributed by atoms with E-state index in [0.717, 1.165) is 0 Å². The lowest BCUT2D eigenvalue weighted by molar-refractivity contribution is -0.144. The minimum Gasteiger partial charge on any atom is -0.466 e. The zero-order valence-corrected chi connectivity index (χ0v) is 5.35. The van der Waals surface area contributed by atoms with E-state index in [1.54, 1.807) is 6.92 Å². The average molecular weight is 129 g/mol. The highest BCUT2D eigenvalue weighted by atomic mass is 16.5. The van der Waals surface area contributed by atoms with E-state index in [4.69, 9.17) is 0 Å². The van der Waals surface area contributed by atoms with Crippen LogP contribution in [0.4, 0.5) is 0 Å². The highest BCUT2D eigenvalue weighted by Crippen LogP contribution is 1.85. The summed E-state index contributed by atoms with van der Waals surface area (Å²) in [5.41, 5.74) is 0. The molecular formula is C6H9O3+. The van der Waals surface area contributed by atoms with Crippen LogP contribution in [0.5, 0.6) is 0 Å². The first kappa shape index (κ1) is 8.01. The molecule has 0 rings (SSSR count). The fourth-order valence-electron chi connectivity index (χ4n) is 0.373. The monoisotopic (exact) mass is 129 g/mol. The van der Waals surface area contributed by atoms with Crippen LogP contribution in [0.1, 0.15) is 13.3 Å². The fourth-order valence-corrected chi connectivity index (χ4v) is 0.373. The van der Waals surface area contributed by atoms with E-state index >= 15 is 0 Å². The van der Waals surface area contributed by atoms with Gasteiger partial charge in [0.1, 0.15) is 13.3 Å². The molecule has 0 aliphatic carbocycles. The first-order valence-corrected chi connectivity index (χ1v) is 2.67. The van der Waals surface area contributed by atoms with Crippen LogP contribution < -0.4 is 0 Å². The van der Waals surface area contributed by atoms with Crippen LogP contribution in [0.25, 0.3) is 0 Å². The molecule has 0 unspecified atom stereocenters. The molecule has 0 aliphatic heterocycles. The number of hydrogen-bond donors (Lipinski definition) is 0. The van der Waals surface area contributed by atoms with Crippen molar-refractivity contribution in [2.45, 2.75) is 13.3 Å². The van der Waals surface area contributed by atoms with Gasteiger partial charge in [-0.3, -0.25) is 4.79 Å². The van der Waals surface area contributed by atoms with E-state index in [1.165, 1.54) is 0 Å². The average Bonchev–Trinajstić information content (AvgIpc) is 1.63. The number of hydrogen-bond acceptors (Lipinski definition) is 3. The van der Waals surface area contributed by atoms with Gasteiger partial charge >= 0.3 is 11.8 Å². The quantitative estimate of drug-likeness (QED) is 0.313. The van der Waals surface area contributed by atoms with Gasteiger partial charge in [0, 0.05) is 0 Å². The lowest BCUT2D eigenvalue weighted by atomic mass is 10.3. The molecule has 0 bridgehead atoms. The zero-order chi connectivity index (χ0) is 7.28. The Morgan fingerprint density at radius 3 is 2.44 bits per heavy atom. The zero-order valence-electron chi connectivity index (χ0n) is 5.35. The second kappa shape index (κ2) is 3.95. The Labute approximate surface area is 54.0 Å². The first-order chi connectivity index (χ1) is 4.16. The molecule has 0 atom stereocenters. The minimum atomic E-state index is -0.502. The maximum absolute atomic E-state index is 10.4. The van der Waals surface area contributed by atoms with E-state index < -0.39 is 11.8 Å². The number of carbonyl (C=O) groups is 2. The Bertz CT molecular complexity index is 117. The fraction of sp³-hybridized carbons (Fsp3) is 0.500. The summed E-state index contributed by atoms with van der Waals surface area (Å²) in [7, 11) is 0. The molecule has 0 N–H and O–H groups in total. The third kappa shape index (κ3) is 4.87. The first-order valence-electron chi connectivity index (χ1n) is 2.67. The van der Waals surface area contributed by atoms with Crippen molar-refractivity contribution < 1.29 is 14.3 Å². The van der Waals surface area contributed by atoms with Gasteiger partial charge in [-0.25, -0.2) is 4.79 Å². The lowest BCUT2D eigenvalue weighted by Gasteiger charge is -1.93. The number of rotatable bonds is 3. The molecule has 3 heteroatoms. The second-order valence-electron chi connectivity index (χ2n) is 1.52. The normalized spacial score (nSPS) is 8.56. The van der Waals surface area contributed by atoms with Crippen molar-refractivity contribution >= 4 is 11.8 Å². The SMILES string of the molecule is [CH2+]C(=O)CC(=O)OCC. The van der Waals surface area contributed by atoms with Crippen LogP contribution in [0.15, 0.2) is 0 Å². The van der Waals surface area contributed by atoms with Crippen LogP contribution in [-0.4, -0.2) is 18.4 Å². The standard InChI is InChI=1S/C6H9O3/c1-3-9-6(8)4-5(2)7/h2-4H2,1H3/q+1. The molecule has 0 radical (unpaired) electrons. The minimum absolute atomic E-state index is 0.214. The van der Waals surface area contributed by atoms with Crippen LogP contribution >= 0.6 is 0 Å². The van der Waals surface area contributed by atoms with Gasteiger partial charge in [0.25, 0.3) is 0 Å². The van der Waals surface area contributed by atoms with Gasteiger partial charge in [-0.1, -0.05) is 0 Å². The summed E-state index contributed by atoms with van der Waals surface area (Å²) >= 11 is 0. The van der Waals surface area contributed by atoms with Crippen molar-refractivity contribution in [3.8, 4) is 0 Å². The van der Waals surface area contributed by atoms with E-state index in [0.29, 0.717) is 6.61 Å². The predicted molar refractivity (Wildman–Crippen MR) is 31.6 cm³/mol. The molecule has 0 aromatic rings. The molecule has 0 spiro atoms. The maximum Gasteiger partial charge on any atom is 0.318 e. The Hall–Kier alpha value is -0.990. The Balaban J connectivity index is 3.39. The lowest BCUT2D eigenvalue weighted by Crippen LogP contribution is -2.08. The van der Waals surface area contributed by atoms with Gasteiger partial charge in [0.05, 0.1) is 6.61 Å². The van der Waals surface area contributed by atoms with Gasteiger partial charge in [-0.15, -0.1) is 0 Å². The van der Waals surface area contributed by atoms with E-state index in [-0.39, 0.29) is 6.42 Å². The summed E-state index contributed by atoms with van der Waals surface area (Å²) in [5, 5.41) is 0. The summed E-state index contributed by atoms with van der Waals surface area (Å²) in [6, 6.07) is 0. The second-order valence-corrected chi connectivity index (χ2v) is 1.52. The predicted octanol–water partition coefficient (Wildman–Crippen LogP) is 0.343. The molecule has 0 saturated heterocycles. The van der Waals surface area contributed by atoms with Gasteiger partial charge in [-0.05, 0) is 6.92 Å². The van der Waals surface area contributed by atoms with Crippen molar-refractivity contribution in [3.05, 3.63) is 6.92 Å². The largest absolute Gasteiger partial charge is 0.466 e. The third-order valence-electron chi connectivity index (χ3n) is 0.647. The van der Waals surface area contributed by atoms with Crippen LogP contribution in [0.2, 0.25) is 0 Å². The van der Waals surface area contributed by atoms with Crippen molar-refractivity contribution in [2.24, 2.45) is 0 Å². The van der Waals surface area contributed by atoms with Gasteiger partial charge in [-0.2, -0.15) is 0 Å². The number of ketones is 1. The molecule has 0 heterocycles. The van der Waals surface area contributed by atoms with Gasteiger partial charge < -0.3 is 4.74 Å². The van der Waals surface area contributed by atoms with Crippen molar-refractivity contribution in [2.75, 3.05) is 6.61 Å². The Morgan fingerprint density at radius 1 is 1.56 bits per heavy atom. The molecule has 0 aliphatic rings. The van der Waals surface area contributed by atoms with Gasteiger partial charge in [0.2, 0.25) is 0 Å². The van der Waals surface area contributed by atoms with Crippen molar-refractivity contribution in [3.63, 3.8) is 0 Å². The smallest absolute Gasteiger partial charge is 0.318 e. The molecule has 0 aromatic carbocycles. The van der Waals surface area contributed by atoms with Crippen LogP contribution in [-0.2, 0) is 14.3 Å². The molecule has 0 saturated carbocycles. The van der Waals surface area contributed by atoms with Crippen molar-refractivity contribution in [1.29, 1.82) is 0 Å². The number of esters is 1. The van der Waals surface area contributed by atoms with E-state index in [9.17, 15) is 9.59 Å². The Morgan fingerprint density at radius 2 is 2.11 bits per heavy atom. The Kier molecular flexibility index (Phi) is 3.51. The molecule has 0 fully saturated rings. The van der Waals surface area contributed by atoms with Crippen molar-refractivity contribution in [1.82, 2.24) is 0 Å². The van der Waals surface area contributed by atoms with Gasteiger partial charge in [0.15, 0.2) is 0 Å². The highest BCUT2D eigenvalue weighted by Gasteiger charge is 2.09. The molecule has 3 nitrogen and oxygen atoms in total. The number of ether oxygens (including phenoxy) is 1. The van der Waals surface area contributed by atoms with E-state index in [1.807, 2.05) is 0 Å². The van der Waals surface area contributed by atoms with Crippen LogP contribution in [0.3, 0.4) is 0 Å². The summed E-state index contributed by atoms with van der Waals surface area (Å²) in [6.45, 7) is 5.02. The van der Waals surface area contributed by atoms with E-state index in [2.05, 4.69) is 11.7 Å². The summed E-state index contributed by atoms with van der Waals surface area (Å²) in [6.07, 6.45) is -0.214. The summed E-state index contributed by atoms with van der Waals surface area (Å²) < 4.78 is 4.45. The molecule has 50 valence electrons.